The zero-order chi connectivity index (χ0) is 8.10. The van der Waals surface area contributed by atoms with Gasteiger partial charge in [-0.05, 0) is 5.56 Å². The Morgan fingerprint density at radius 3 is 2.45 bits per heavy atom. The van der Waals surface area contributed by atoms with Gasteiger partial charge in [0.15, 0.2) is 0 Å². The molecule has 0 aliphatic rings. The highest BCUT2D eigenvalue weighted by atomic mass is 16.6. The standard InChI is InChI=1S/C8H11NO2/c9-11-8(6-10)7-4-2-1-3-5-7/h1-5,8,10H,6,9H2/t8-/m1/s1. The zero-order valence-electron chi connectivity index (χ0n) is 6.10. The Morgan fingerprint density at radius 2 is 2.00 bits per heavy atom. The highest BCUT2D eigenvalue weighted by Crippen LogP contribution is 2.13. The van der Waals surface area contributed by atoms with Gasteiger partial charge < -0.3 is 5.11 Å². The molecule has 0 bridgehead atoms. The lowest BCUT2D eigenvalue weighted by atomic mass is 10.1. The van der Waals surface area contributed by atoms with Gasteiger partial charge in [-0.15, -0.1) is 0 Å². The molecule has 0 saturated heterocycles. The van der Waals surface area contributed by atoms with Gasteiger partial charge in [0.25, 0.3) is 0 Å². The second kappa shape index (κ2) is 4.08. The van der Waals surface area contributed by atoms with Crippen LogP contribution in [0, 0.1) is 0 Å². The average molecular weight is 153 g/mol. The van der Waals surface area contributed by atoms with Gasteiger partial charge in [-0.1, -0.05) is 30.3 Å². The van der Waals surface area contributed by atoms with Crippen molar-refractivity contribution >= 4 is 0 Å². The van der Waals surface area contributed by atoms with Crippen LogP contribution in [0.4, 0.5) is 0 Å². The largest absolute Gasteiger partial charge is 0.393 e. The van der Waals surface area contributed by atoms with Crippen LogP contribution in [0.5, 0.6) is 0 Å². The predicted molar refractivity (Wildman–Crippen MR) is 41.5 cm³/mol. The van der Waals surface area contributed by atoms with Crippen LogP contribution in [0.25, 0.3) is 0 Å². The van der Waals surface area contributed by atoms with Crippen molar-refractivity contribution in [2.45, 2.75) is 6.10 Å². The topological polar surface area (TPSA) is 55.5 Å². The van der Waals surface area contributed by atoms with Crippen molar-refractivity contribution in [1.82, 2.24) is 0 Å². The molecule has 1 atom stereocenters. The fourth-order valence-corrected chi connectivity index (χ4v) is 0.895. The molecule has 0 fully saturated rings. The maximum absolute atomic E-state index is 8.77. The smallest absolute Gasteiger partial charge is 0.127 e. The molecule has 1 rings (SSSR count). The van der Waals surface area contributed by atoms with E-state index in [-0.39, 0.29) is 6.61 Å². The Kier molecular flexibility index (Phi) is 3.04. The Bertz CT molecular complexity index is 197. The van der Waals surface area contributed by atoms with E-state index in [1.807, 2.05) is 30.3 Å². The summed E-state index contributed by atoms with van der Waals surface area (Å²) in [4.78, 5) is 4.54. The lowest BCUT2D eigenvalue weighted by Crippen LogP contribution is -2.12. The molecule has 0 aromatic heterocycles. The fourth-order valence-electron chi connectivity index (χ4n) is 0.895. The quantitative estimate of drug-likeness (QED) is 0.625. The molecule has 0 heterocycles. The summed E-state index contributed by atoms with van der Waals surface area (Å²) in [5.41, 5.74) is 0.887. The molecule has 0 aliphatic carbocycles. The van der Waals surface area contributed by atoms with Crippen molar-refractivity contribution in [3.05, 3.63) is 35.9 Å². The van der Waals surface area contributed by atoms with Gasteiger partial charge in [-0.2, -0.15) is 0 Å². The molecule has 0 aliphatic heterocycles. The number of aliphatic hydroxyl groups excluding tert-OH is 1. The van der Waals surface area contributed by atoms with Crippen molar-refractivity contribution < 1.29 is 9.94 Å². The zero-order valence-corrected chi connectivity index (χ0v) is 6.10. The van der Waals surface area contributed by atoms with Crippen LogP contribution < -0.4 is 5.90 Å². The molecular formula is C8H11NO2. The van der Waals surface area contributed by atoms with Crippen LogP contribution in [-0.4, -0.2) is 11.7 Å². The number of hydrogen-bond acceptors (Lipinski definition) is 3. The molecule has 3 nitrogen and oxygen atoms in total. The summed E-state index contributed by atoms with van der Waals surface area (Å²) in [6, 6.07) is 9.35. The minimum atomic E-state index is -0.406. The predicted octanol–water partition coefficient (Wildman–Crippen LogP) is 0.610. The lowest BCUT2D eigenvalue weighted by molar-refractivity contribution is 0.0108. The van der Waals surface area contributed by atoms with Gasteiger partial charge in [0, 0.05) is 0 Å². The number of hydrogen-bond donors (Lipinski definition) is 2. The van der Waals surface area contributed by atoms with E-state index in [4.69, 9.17) is 11.0 Å². The van der Waals surface area contributed by atoms with E-state index in [1.165, 1.54) is 0 Å². The molecule has 60 valence electrons. The molecule has 1 aromatic carbocycles. The van der Waals surface area contributed by atoms with E-state index in [2.05, 4.69) is 4.84 Å². The van der Waals surface area contributed by atoms with E-state index in [0.29, 0.717) is 0 Å². The molecule has 0 spiro atoms. The Labute approximate surface area is 65.4 Å². The van der Waals surface area contributed by atoms with Gasteiger partial charge in [0.2, 0.25) is 0 Å². The molecule has 0 radical (unpaired) electrons. The minimum absolute atomic E-state index is 0.0967. The van der Waals surface area contributed by atoms with Crippen LogP contribution in [0.1, 0.15) is 11.7 Å². The summed E-state index contributed by atoms with van der Waals surface area (Å²) in [6.45, 7) is -0.0967. The SMILES string of the molecule is NO[C@H](CO)c1ccccc1. The summed E-state index contributed by atoms with van der Waals surface area (Å²) in [6.07, 6.45) is -0.406. The number of rotatable bonds is 3. The van der Waals surface area contributed by atoms with Gasteiger partial charge in [0.1, 0.15) is 6.10 Å². The maximum atomic E-state index is 8.77. The molecule has 0 unspecified atom stereocenters. The van der Waals surface area contributed by atoms with Gasteiger partial charge >= 0.3 is 0 Å². The Morgan fingerprint density at radius 1 is 1.36 bits per heavy atom. The lowest BCUT2D eigenvalue weighted by Gasteiger charge is -2.10. The summed E-state index contributed by atoms with van der Waals surface area (Å²) in [7, 11) is 0. The fraction of sp³-hybridized carbons (Fsp3) is 0.250. The van der Waals surface area contributed by atoms with Crippen molar-refractivity contribution in [2.24, 2.45) is 5.90 Å². The summed E-state index contributed by atoms with van der Waals surface area (Å²) < 4.78 is 0. The molecular weight excluding hydrogens is 142 g/mol. The van der Waals surface area contributed by atoms with E-state index in [1.54, 1.807) is 0 Å². The molecule has 3 N–H and O–H groups in total. The average Bonchev–Trinajstić information content (AvgIpc) is 2.09. The summed E-state index contributed by atoms with van der Waals surface area (Å²) in [5.74, 6) is 4.96. The Hall–Kier alpha value is -0.900. The van der Waals surface area contributed by atoms with Crippen LogP contribution in [0.15, 0.2) is 30.3 Å². The van der Waals surface area contributed by atoms with Gasteiger partial charge in [0.05, 0.1) is 6.61 Å². The third kappa shape index (κ3) is 2.01. The third-order valence-corrected chi connectivity index (χ3v) is 1.50. The highest BCUT2D eigenvalue weighted by Gasteiger charge is 2.07. The molecule has 0 amide bonds. The van der Waals surface area contributed by atoms with Crippen LogP contribution in [0.2, 0.25) is 0 Å². The van der Waals surface area contributed by atoms with Crippen LogP contribution in [0.3, 0.4) is 0 Å². The van der Waals surface area contributed by atoms with Crippen molar-refractivity contribution in [3.63, 3.8) is 0 Å². The van der Waals surface area contributed by atoms with E-state index in [9.17, 15) is 0 Å². The van der Waals surface area contributed by atoms with E-state index < -0.39 is 6.10 Å². The second-order valence-corrected chi connectivity index (χ2v) is 2.22. The normalized spacial score (nSPS) is 12.9. The Balaban J connectivity index is 2.74. The first-order valence-corrected chi connectivity index (χ1v) is 3.40. The highest BCUT2D eigenvalue weighted by molar-refractivity contribution is 5.17. The third-order valence-electron chi connectivity index (χ3n) is 1.50. The molecule has 1 aromatic rings. The van der Waals surface area contributed by atoms with Crippen molar-refractivity contribution in [3.8, 4) is 0 Å². The van der Waals surface area contributed by atoms with E-state index >= 15 is 0 Å². The number of nitrogens with two attached hydrogens (primary N) is 1. The molecule has 11 heavy (non-hydrogen) atoms. The van der Waals surface area contributed by atoms with Gasteiger partial charge in [-0.3, -0.25) is 4.84 Å². The van der Waals surface area contributed by atoms with Crippen molar-refractivity contribution in [2.75, 3.05) is 6.61 Å². The monoisotopic (exact) mass is 153 g/mol. The van der Waals surface area contributed by atoms with Crippen LogP contribution in [-0.2, 0) is 4.84 Å². The second-order valence-electron chi connectivity index (χ2n) is 2.22. The first-order chi connectivity index (χ1) is 5.38. The number of benzene rings is 1. The number of aliphatic hydroxyl groups is 1. The summed E-state index contributed by atoms with van der Waals surface area (Å²) in [5, 5.41) is 8.77. The maximum Gasteiger partial charge on any atom is 0.127 e. The first kappa shape index (κ1) is 8.20. The first-order valence-electron chi connectivity index (χ1n) is 3.40. The van der Waals surface area contributed by atoms with Gasteiger partial charge in [-0.25, -0.2) is 5.90 Å². The van der Waals surface area contributed by atoms with Crippen LogP contribution >= 0.6 is 0 Å². The van der Waals surface area contributed by atoms with Crippen molar-refractivity contribution in [1.29, 1.82) is 0 Å². The molecule has 0 saturated carbocycles. The molecule has 3 heteroatoms. The summed E-state index contributed by atoms with van der Waals surface area (Å²) >= 11 is 0. The minimum Gasteiger partial charge on any atom is -0.393 e. The van der Waals surface area contributed by atoms with E-state index in [0.717, 1.165) is 5.56 Å².